The molecule has 0 unspecified atom stereocenters. The number of Topliss-reactive ketones (excluding diaryl/α,β-unsaturated/α-hetero) is 1. The smallest absolute Gasteiger partial charge is 0.307 e. The number of nitrogens with one attached hydrogen (secondary N) is 1. The largest absolute Gasteiger partial charge is 0.497 e. The van der Waals surface area contributed by atoms with Crippen LogP contribution in [-0.2, 0) is 38.7 Å². The summed E-state index contributed by atoms with van der Waals surface area (Å²) in [6.45, 7) is 7.21. The van der Waals surface area contributed by atoms with Crippen LogP contribution in [0, 0.1) is 29.1 Å². The molecule has 2 aromatic rings. The Labute approximate surface area is 356 Å². The molecule has 1 N–H and O–H groups in total. The first-order valence-electron chi connectivity index (χ1n) is 21.1. The molecule has 336 valence electrons. The van der Waals surface area contributed by atoms with Crippen molar-refractivity contribution in [1.29, 1.82) is 0 Å². The Morgan fingerprint density at radius 1 is 1.03 bits per heavy atom. The van der Waals surface area contributed by atoms with Crippen molar-refractivity contribution >= 4 is 44.4 Å². The van der Waals surface area contributed by atoms with Gasteiger partial charge in [-0.25, -0.2) is 22.2 Å². The minimum atomic E-state index is -3.93. The fourth-order valence-electron chi connectivity index (χ4n) is 8.48. The summed E-state index contributed by atoms with van der Waals surface area (Å²) in [6, 6.07) is 4.13. The van der Waals surface area contributed by atoms with Crippen LogP contribution in [0.4, 0.5) is 8.78 Å². The summed E-state index contributed by atoms with van der Waals surface area (Å²) in [4.78, 5) is 63.0. The van der Waals surface area contributed by atoms with Crippen LogP contribution in [0.3, 0.4) is 0 Å². The van der Waals surface area contributed by atoms with Gasteiger partial charge in [-0.15, -0.1) is 0 Å². The summed E-state index contributed by atoms with van der Waals surface area (Å²) in [7, 11) is -0.835. The second kappa shape index (κ2) is 18.1. The fraction of sp³-hybridized carbons (Fsp3) is 0.659. The number of alkyl halides is 2. The Bertz CT molecular complexity index is 2120. The second-order valence-corrected chi connectivity index (χ2v) is 19.9. The van der Waals surface area contributed by atoms with Crippen molar-refractivity contribution in [3.05, 3.63) is 36.5 Å². The minimum absolute atomic E-state index is 0.00833. The monoisotopic (exact) mass is 875 g/mol. The quantitative estimate of drug-likeness (QED) is 0.130. The fourth-order valence-corrected chi connectivity index (χ4v) is 9.87. The number of pyridine rings is 1. The lowest BCUT2D eigenvalue weighted by Crippen LogP contribution is -2.48. The number of fused-ring (bicyclic) bond motifs is 3. The van der Waals surface area contributed by atoms with E-state index in [0.717, 1.165) is 13.8 Å². The molecule has 4 aliphatic rings. The van der Waals surface area contributed by atoms with Gasteiger partial charge in [0.05, 0.1) is 55.5 Å². The number of rotatable bonds is 14. The van der Waals surface area contributed by atoms with Crippen molar-refractivity contribution in [2.24, 2.45) is 29.1 Å². The van der Waals surface area contributed by atoms with Crippen molar-refractivity contribution in [3.8, 4) is 17.4 Å². The molecule has 0 bridgehead atoms. The number of ketones is 1. The number of sulfonamides is 1. The summed E-state index contributed by atoms with van der Waals surface area (Å²) in [6.07, 6.45) is 6.64. The molecule has 7 atom stereocenters. The number of nitrogens with zero attached hydrogens (tertiary/aromatic N) is 2. The summed E-state index contributed by atoms with van der Waals surface area (Å²) in [5.74, 6) is -6.75. The van der Waals surface area contributed by atoms with E-state index in [2.05, 4.69) is 9.71 Å². The van der Waals surface area contributed by atoms with Crippen LogP contribution in [0.15, 0.2) is 36.5 Å². The number of allylic oxidation sites excluding steroid dienone is 2. The Hall–Kier alpha value is -4.38. The molecule has 1 aromatic carbocycles. The van der Waals surface area contributed by atoms with Crippen molar-refractivity contribution in [1.82, 2.24) is 14.6 Å². The van der Waals surface area contributed by atoms with Gasteiger partial charge in [0.15, 0.2) is 11.4 Å². The predicted molar refractivity (Wildman–Crippen MR) is 221 cm³/mol. The number of aromatic nitrogens is 1. The third-order valence-corrected chi connectivity index (χ3v) is 14.6. The molecule has 3 heterocycles. The summed E-state index contributed by atoms with van der Waals surface area (Å²) in [5.41, 5.74) is -3.51. The topological polar surface area (TPSA) is 177 Å². The van der Waals surface area contributed by atoms with Gasteiger partial charge in [-0.05, 0) is 88.3 Å². The van der Waals surface area contributed by atoms with Crippen molar-refractivity contribution in [3.63, 3.8) is 0 Å². The zero-order chi connectivity index (χ0) is 44.5. The molecule has 2 saturated carbocycles. The van der Waals surface area contributed by atoms with Crippen LogP contribution in [0.2, 0.25) is 0 Å². The van der Waals surface area contributed by atoms with E-state index in [0.29, 0.717) is 67.9 Å². The molecule has 3 fully saturated rings. The molecular formula is C44H59F2N3O11S. The minimum Gasteiger partial charge on any atom is -0.497 e. The lowest BCUT2D eigenvalue weighted by molar-refractivity contribution is -0.197. The maximum absolute atomic E-state index is 15.0. The van der Waals surface area contributed by atoms with Gasteiger partial charge in [0.2, 0.25) is 27.7 Å². The summed E-state index contributed by atoms with van der Waals surface area (Å²) >= 11 is 0. The zero-order valence-electron chi connectivity index (χ0n) is 36.0. The first-order chi connectivity index (χ1) is 28.7. The predicted octanol–water partition coefficient (Wildman–Crippen LogP) is 6.19. The lowest BCUT2D eigenvalue weighted by atomic mass is 9.82. The Morgan fingerprint density at radius 3 is 2.44 bits per heavy atom. The van der Waals surface area contributed by atoms with E-state index >= 15 is 0 Å². The highest BCUT2D eigenvalue weighted by atomic mass is 32.2. The molecule has 0 radical (unpaired) electrons. The Kier molecular flexibility index (Phi) is 13.7. The highest BCUT2D eigenvalue weighted by Gasteiger charge is 2.62. The lowest BCUT2D eigenvalue weighted by Gasteiger charge is -2.34. The molecule has 2 aliphatic heterocycles. The third-order valence-electron chi connectivity index (χ3n) is 12.8. The van der Waals surface area contributed by atoms with Crippen LogP contribution >= 0.6 is 0 Å². The summed E-state index contributed by atoms with van der Waals surface area (Å²) < 4.78 is 85.5. The number of amides is 2. The second-order valence-electron chi connectivity index (χ2n) is 18.0. The SMILES string of the molecule is COCCOc1cnc(O[C@@H]2C[C@H]3C(=O)C[C@]4(C(=O)NS(=O)(=O)C5CC5)C[C@H]4/C=C\CC[C@H](C)C[C@@H](C)[C@H](CC(=O)OC(C)(C)C(C)(F)F)C(=O)N3C2)c2ccc(OC)cc12. The van der Waals surface area contributed by atoms with Gasteiger partial charge in [0.25, 0.3) is 5.92 Å². The van der Waals surface area contributed by atoms with Gasteiger partial charge in [-0.1, -0.05) is 26.0 Å². The van der Waals surface area contributed by atoms with E-state index in [1.165, 1.54) is 18.2 Å². The van der Waals surface area contributed by atoms with Gasteiger partial charge < -0.3 is 28.6 Å². The van der Waals surface area contributed by atoms with Gasteiger partial charge in [0, 0.05) is 37.6 Å². The number of esters is 1. The van der Waals surface area contributed by atoms with Gasteiger partial charge in [-0.2, -0.15) is 0 Å². The average molecular weight is 876 g/mol. The number of halogens is 2. The van der Waals surface area contributed by atoms with Crippen molar-refractivity contribution in [2.45, 2.75) is 121 Å². The number of hydrogen-bond acceptors (Lipinski definition) is 12. The zero-order valence-corrected chi connectivity index (χ0v) is 36.9. The molecule has 2 aliphatic carbocycles. The highest BCUT2D eigenvalue weighted by Crippen LogP contribution is 2.57. The molecule has 2 amide bonds. The van der Waals surface area contributed by atoms with E-state index in [1.54, 1.807) is 25.3 Å². The van der Waals surface area contributed by atoms with Crippen LogP contribution in [-0.4, -0.2) is 105 Å². The summed E-state index contributed by atoms with van der Waals surface area (Å²) in [5, 5.41) is 0.540. The van der Waals surface area contributed by atoms with E-state index in [1.807, 2.05) is 26.0 Å². The van der Waals surface area contributed by atoms with Crippen LogP contribution < -0.4 is 18.9 Å². The molecule has 61 heavy (non-hydrogen) atoms. The van der Waals surface area contributed by atoms with Gasteiger partial charge in [0.1, 0.15) is 24.2 Å². The Morgan fingerprint density at radius 2 is 1.77 bits per heavy atom. The maximum atomic E-state index is 15.0. The number of carbonyl (C=O) groups is 4. The number of hydrogen-bond donors (Lipinski definition) is 1. The van der Waals surface area contributed by atoms with E-state index in [-0.39, 0.29) is 44.2 Å². The molecule has 6 rings (SSSR count). The molecule has 0 spiro atoms. The van der Waals surface area contributed by atoms with Crippen molar-refractivity contribution < 1.29 is 60.1 Å². The Balaban J connectivity index is 1.36. The standard InChI is InChI=1S/C44H59F2N3O11S/c1-26-10-8-9-11-28-22-44(28,41(53)48-61(54,55)31-13-14-31)23-36(50)35-20-30(59-39-32-15-12-29(57-7)19-34(32)37(24-47-39)58-17-16-56-6)25-49(35)40(52)33(27(2)18-26)21-38(51)60-42(3,4)43(5,45)46/h9,11-12,15,19,24,26-28,30-31,33,35H,8,10,13-14,16-18,20-23,25H2,1-7H3,(H,48,53)/b11-9-/t26-,27+,28+,30+,33-,35-,44+/m0/s1. The molecule has 17 heteroatoms. The molecule has 1 saturated heterocycles. The van der Waals surface area contributed by atoms with Crippen molar-refractivity contribution in [2.75, 3.05) is 34.0 Å². The van der Waals surface area contributed by atoms with Gasteiger partial charge >= 0.3 is 5.97 Å². The average Bonchev–Trinajstić information content (AvgIpc) is 4.12. The number of methoxy groups -OCH3 is 2. The van der Waals surface area contributed by atoms with Gasteiger partial charge in [-0.3, -0.25) is 23.9 Å². The molecule has 14 nitrogen and oxygen atoms in total. The first-order valence-corrected chi connectivity index (χ1v) is 22.6. The van der Waals surface area contributed by atoms with E-state index < -0.39 is 92.1 Å². The van der Waals surface area contributed by atoms with E-state index in [9.17, 15) is 36.4 Å². The normalized spacial score (nSPS) is 28.2. The van der Waals surface area contributed by atoms with Crippen LogP contribution in [0.1, 0.15) is 92.4 Å². The van der Waals surface area contributed by atoms with Crippen LogP contribution in [0.25, 0.3) is 10.8 Å². The first kappa shape index (κ1) is 46.1. The van der Waals surface area contributed by atoms with E-state index in [4.69, 9.17) is 23.7 Å². The molecular weight excluding hydrogens is 817 g/mol. The number of ether oxygens (including phenoxy) is 5. The third kappa shape index (κ3) is 10.5. The molecule has 1 aromatic heterocycles. The maximum Gasteiger partial charge on any atom is 0.307 e. The van der Waals surface area contributed by atoms with Crippen LogP contribution in [0.5, 0.6) is 17.4 Å². The highest BCUT2D eigenvalue weighted by molar-refractivity contribution is 7.90. The number of carbonyl (C=O) groups excluding carboxylic acids is 4. The number of benzene rings is 1.